The van der Waals surface area contributed by atoms with Crippen molar-refractivity contribution in [2.24, 2.45) is 0 Å². The van der Waals surface area contributed by atoms with E-state index >= 15 is 0 Å². The van der Waals surface area contributed by atoms with Crippen molar-refractivity contribution >= 4 is 28.2 Å². The zero-order chi connectivity index (χ0) is 26.2. The molecule has 0 bridgehead atoms. The molecule has 7 nitrogen and oxygen atoms in total. The van der Waals surface area contributed by atoms with Crippen LogP contribution >= 0.6 is 0 Å². The van der Waals surface area contributed by atoms with Gasteiger partial charge in [-0.05, 0) is 75.0 Å². The molecule has 1 saturated carbocycles. The Morgan fingerprint density at radius 2 is 1.86 bits per heavy atom. The predicted molar refractivity (Wildman–Crippen MR) is 148 cm³/mol. The molecule has 4 rings (SSSR count). The maximum atomic E-state index is 13.5. The number of methoxy groups -OCH3 is 1. The molecule has 0 aliphatic heterocycles. The highest BCUT2D eigenvalue weighted by atomic mass is 19.1. The van der Waals surface area contributed by atoms with Crippen molar-refractivity contribution in [1.29, 1.82) is 0 Å². The van der Waals surface area contributed by atoms with E-state index in [-0.39, 0.29) is 12.5 Å². The highest BCUT2D eigenvalue weighted by Gasteiger charge is 2.21. The summed E-state index contributed by atoms with van der Waals surface area (Å²) in [7, 11) is 5.19. The number of nitrogens with zero attached hydrogens (tertiary/aromatic N) is 1. The summed E-state index contributed by atoms with van der Waals surface area (Å²) in [6.07, 6.45) is 4.57. The van der Waals surface area contributed by atoms with Gasteiger partial charge in [-0.2, -0.15) is 0 Å². The molecule has 4 N–H and O–H groups in total. The third-order valence-electron chi connectivity index (χ3n) is 7.02. The molecule has 0 radical (unpaired) electrons. The molecular weight excluding hydrogens is 469 g/mol. The van der Waals surface area contributed by atoms with Gasteiger partial charge in [0.2, 0.25) is 0 Å². The SMILES string of the molecule is CNC(=O)c1ccc(NCC#Cc2cc3c(NC4CCC(NC)CC4)cccc3n2CCF)c(OC)c1. The molecular formula is C29H36FN5O2. The summed E-state index contributed by atoms with van der Waals surface area (Å²) >= 11 is 0. The Morgan fingerprint density at radius 1 is 1.08 bits per heavy atom. The summed E-state index contributed by atoms with van der Waals surface area (Å²) in [5.74, 6) is 6.76. The fraction of sp³-hybridized carbons (Fsp3) is 0.414. The Morgan fingerprint density at radius 3 is 2.57 bits per heavy atom. The van der Waals surface area contributed by atoms with Crippen LogP contribution in [0.4, 0.5) is 15.8 Å². The molecule has 2 aromatic carbocycles. The number of halogens is 1. The molecule has 196 valence electrons. The van der Waals surface area contributed by atoms with Gasteiger partial charge in [-0.1, -0.05) is 12.0 Å². The van der Waals surface area contributed by atoms with E-state index in [0.29, 0.717) is 29.9 Å². The van der Waals surface area contributed by atoms with Crippen molar-refractivity contribution in [2.45, 2.75) is 44.3 Å². The van der Waals surface area contributed by atoms with Gasteiger partial charge in [-0.3, -0.25) is 4.79 Å². The molecule has 1 aromatic heterocycles. The maximum absolute atomic E-state index is 13.5. The van der Waals surface area contributed by atoms with Gasteiger partial charge in [-0.25, -0.2) is 4.39 Å². The number of nitrogens with one attached hydrogen (secondary N) is 4. The van der Waals surface area contributed by atoms with Gasteiger partial charge in [0.1, 0.15) is 12.4 Å². The van der Waals surface area contributed by atoms with Crippen LogP contribution in [0.1, 0.15) is 41.7 Å². The number of hydrogen-bond acceptors (Lipinski definition) is 5. The summed E-state index contributed by atoms with van der Waals surface area (Å²) in [5.41, 5.74) is 4.10. The fourth-order valence-electron chi connectivity index (χ4n) is 4.98. The summed E-state index contributed by atoms with van der Waals surface area (Å²) in [6, 6.07) is 14.4. The lowest BCUT2D eigenvalue weighted by Gasteiger charge is -2.29. The van der Waals surface area contributed by atoms with Gasteiger partial charge in [-0.15, -0.1) is 0 Å². The highest BCUT2D eigenvalue weighted by molar-refractivity contribution is 5.95. The van der Waals surface area contributed by atoms with Crippen LogP contribution in [0, 0.1) is 11.8 Å². The maximum Gasteiger partial charge on any atom is 0.251 e. The number of carbonyl (C=O) groups is 1. The zero-order valence-electron chi connectivity index (χ0n) is 21.8. The zero-order valence-corrected chi connectivity index (χ0v) is 21.8. The number of anilines is 2. The molecule has 0 atom stereocenters. The number of aromatic nitrogens is 1. The minimum atomic E-state index is -0.461. The Hall–Kier alpha value is -3.70. The monoisotopic (exact) mass is 505 g/mol. The van der Waals surface area contributed by atoms with E-state index in [0.717, 1.165) is 53.7 Å². The number of amides is 1. The standard InChI is InChI=1S/C29H36FN5O2/c1-31-21-10-12-22(13-11-21)34-25-7-4-8-27-24(25)19-23(35(27)17-15-30)6-5-16-33-26-14-9-20(29(36)32-2)18-28(26)37-3/h4,7-9,14,18-19,21-22,31,33-34H,10-13,15-17H2,1-3H3,(H,32,36). The summed E-state index contributed by atoms with van der Waals surface area (Å²) in [4.78, 5) is 11.9. The largest absolute Gasteiger partial charge is 0.495 e. The molecule has 0 spiro atoms. The van der Waals surface area contributed by atoms with Crippen LogP contribution in [0.15, 0.2) is 42.5 Å². The van der Waals surface area contributed by atoms with Crippen molar-refractivity contribution in [3.05, 3.63) is 53.7 Å². The smallest absolute Gasteiger partial charge is 0.251 e. The second kappa shape index (κ2) is 12.5. The van der Waals surface area contributed by atoms with E-state index < -0.39 is 6.67 Å². The molecule has 1 aliphatic rings. The Labute approximate surface area is 218 Å². The van der Waals surface area contributed by atoms with E-state index in [2.05, 4.69) is 45.2 Å². The summed E-state index contributed by atoms with van der Waals surface area (Å²) < 4.78 is 20.8. The molecule has 1 heterocycles. The number of ether oxygens (including phenoxy) is 1. The first kappa shape index (κ1) is 26.4. The third-order valence-corrected chi connectivity index (χ3v) is 7.02. The van der Waals surface area contributed by atoms with Crippen LogP contribution in [-0.4, -0.2) is 57.0 Å². The van der Waals surface area contributed by atoms with Gasteiger partial charge in [0.05, 0.1) is 37.1 Å². The minimum Gasteiger partial charge on any atom is -0.495 e. The van der Waals surface area contributed by atoms with Crippen molar-refractivity contribution in [3.8, 4) is 17.6 Å². The van der Waals surface area contributed by atoms with Gasteiger partial charge in [0.15, 0.2) is 0 Å². The number of hydrogen-bond donors (Lipinski definition) is 4. The number of alkyl halides is 1. The number of benzene rings is 2. The second-order valence-corrected chi connectivity index (χ2v) is 9.24. The van der Waals surface area contributed by atoms with Crippen LogP contribution in [0.5, 0.6) is 5.75 Å². The fourth-order valence-corrected chi connectivity index (χ4v) is 4.98. The average molecular weight is 506 g/mol. The highest BCUT2D eigenvalue weighted by Crippen LogP contribution is 2.30. The number of carbonyl (C=O) groups excluding carboxylic acids is 1. The lowest BCUT2D eigenvalue weighted by molar-refractivity contribution is 0.0963. The van der Waals surface area contributed by atoms with Gasteiger partial charge < -0.3 is 30.6 Å². The second-order valence-electron chi connectivity index (χ2n) is 9.24. The van der Waals surface area contributed by atoms with E-state index in [1.807, 2.05) is 23.7 Å². The molecule has 1 amide bonds. The van der Waals surface area contributed by atoms with E-state index in [9.17, 15) is 9.18 Å². The van der Waals surface area contributed by atoms with Crippen LogP contribution in [0.2, 0.25) is 0 Å². The molecule has 1 fully saturated rings. The molecule has 37 heavy (non-hydrogen) atoms. The van der Waals surface area contributed by atoms with E-state index in [1.165, 1.54) is 0 Å². The first-order valence-electron chi connectivity index (χ1n) is 12.8. The molecule has 8 heteroatoms. The lowest BCUT2D eigenvalue weighted by Crippen LogP contribution is -2.34. The molecule has 3 aromatic rings. The molecule has 0 unspecified atom stereocenters. The van der Waals surface area contributed by atoms with Gasteiger partial charge >= 0.3 is 0 Å². The quantitative estimate of drug-likeness (QED) is 0.325. The van der Waals surface area contributed by atoms with E-state index in [4.69, 9.17) is 4.74 Å². The van der Waals surface area contributed by atoms with Crippen molar-refractivity contribution in [2.75, 3.05) is 45.1 Å². The Kier molecular flexibility index (Phi) is 8.91. The number of aryl methyl sites for hydroxylation is 1. The number of fused-ring (bicyclic) bond motifs is 1. The number of rotatable bonds is 9. The van der Waals surface area contributed by atoms with Crippen LogP contribution in [0.3, 0.4) is 0 Å². The van der Waals surface area contributed by atoms with Crippen molar-refractivity contribution < 1.29 is 13.9 Å². The Bertz CT molecular complexity index is 1280. The first-order chi connectivity index (χ1) is 18.1. The van der Waals surface area contributed by atoms with Crippen LogP contribution < -0.4 is 26.0 Å². The first-order valence-corrected chi connectivity index (χ1v) is 12.8. The molecule has 0 saturated heterocycles. The Balaban J connectivity index is 1.51. The third kappa shape index (κ3) is 6.17. The van der Waals surface area contributed by atoms with Gasteiger partial charge in [0.25, 0.3) is 5.91 Å². The van der Waals surface area contributed by atoms with Crippen molar-refractivity contribution in [3.63, 3.8) is 0 Å². The van der Waals surface area contributed by atoms with Crippen molar-refractivity contribution in [1.82, 2.24) is 15.2 Å². The van der Waals surface area contributed by atoms with Crippen LogP contribution in [0.25, 0.3) is 10.9 Å². The average Bonchev–Trinajstić information content (AvgIpc) is 3.29. The molecule has 1 aliphatic carbocycles. The normalized spacial score (nSPS) is 17.1. The summed E-state index contributed by atoms with van der Waals surface area (Å²) in [5, 5.41) is 14.0. The minimum absolute atomic E-state index is 0.176. The lowest BCUT2D eigenvalue weighted by atomic mass is 9.91. The van der Waals surface area contributed by atoms with E-state index in [1.54, 1.807) is 32.4 Å². The van der Waals surface area contributed by atoms with Gasteiger partial charge in [0, 0.05) is 35.8 Å². The topological polar surface area (TPSA) is 79.4 Å². The summed E-state index contributed by atoms with van der Waals surface area (Å²) in [6.45, 7) is 0.163. The van der Waals surface area contributed by atoms with Crippen LogP contribution in [-0.2, 0) is 6.54 Å². The predicted octanol–water partition coefficient (Wildman–Crippen LogP) is 4.39.